The zero-order valence-corrected chi connectivity index (χ0v) is 15.4. The lowest BCUT2D eigenvalue weighted by Gasteiger charge is -2.15. The second-order valence-electron chi connectivity index (χ2n) is 5.56. The van der Waals surface area contributed by atoms with Crippen LogP contribution in [0, 0.1) is 0 Å². The van der Waals surface area contributed by atoms with Crippen molar-refractivity contribution in [3.8, 4) is 11.5 Å². The molecule has 2 rings (SSSR count). The lowest BCUT2D eigenvalue weighted by atomic mass is 10.2. The molecular weight excluding hydrogens is 348 g/mol. The maximum absolute atomic E-state index is 12.6. The van der Waals surface area contributed by atoms with Crippen molar-refractivity contribution in [2.75, 3.05) is 26.0 Å². The number of nitrogens with zero attached hydrogens (tertiary/aromatic N) is 1. The summed E-state index contributed by atoms with van der Waals surface area (Å²) < 4.78 is 34.9. The molecule has 0 saturated carbocycles. The van der Waals surface area contributed by atoms with Gasteiger partial charge in [0.2, 0.25) is 0 Å². The van der Waals surface area contributed by atoms with E-state index in [4.69, 9.17) is 4.74 Å². The molecule has 140 valence electrons. The third kappa shape index (κ3) is 6.61. The fourth-order valence-electron chi connectivity index (χ4n) is 2.52. The van der Waals surface area contributed by atoms with Crippen LogP contribution >= 0.6 is 11.8 Å². The van der Waals surface area contributed by atoms with Crippen LogP contribution in [0.2, 0.25) is 0 Å². The second-order valence-corrected chi connectivity index (χ2v) is 6.97. The van der Waals surface area contributed by atoms with Gasteiger partial charge in [0.15, 0.2) is 5.96 Å². The van der Waals surface area contributed by atoms with Gasteiger partial charge < -0.3 is 20.1 Å². The number of rotatable bonds is 8. The van der Waals surface area contributed by atoms with E-state index in [1.54, 1.807) is 12.1 Å². The maximum atomic E-state index is 12.6. The Morgan fingerprint density at radius 1 is 1.40 bits per heavy atom. The number of hydrogen-bond donors (Lipinski definition) is 2. The summed E-state index contributed by atoms with van der Waals surface area (Å²) in [5.41, 5.74) is 0.577. The van der Waals surface area contributed by atoms with Gasteiger partial charge in [-0.1, -0.05) is 0 Å². The highest BCUT2D eigenvalue weighted by Gasteiger charge is 2.16. The van der Waals surface area contributed by atoms with E-state index in [0.29, 0.717) is 22.5 Å². The summed E-state index contributed by atoms with van der Waals surface area (Å²) in [6.45, 7) is 0.909. The van der Waals surface area contributed by atoms with Crippen LogP contribution in [0.15, 0.2) is 23.2 Å². The molecular formula is C17H25F2N3O2S. The molecule has 0 aromatic heterocycles. The van der Waals surface area contributed by atoms with Crippen LogP contribution in [-0.4, -0.2) is 43.8 Å². The minimum atomic E-state index is -2.89. The number of ether oxygens (including phenoxy) is 2. The van der Waals surface area contributed by atoms with E-state index in [9.17, 15) is 8.78 Å². The first-order valence-corrected chi connectivity index (χ1v) is 9.42. The van der Waals surface area contributed by atoms with Gasteiger partial charge in [-0.15, -0.1) is 0 Å². The SMILES string of the molecule is CCNC(=NCc1ccc(OC)cc1OC(F)F)NCC1CCCS1. The molecule has 1 aromatic rings. The van der Waals surface area contributed by atoms with Crippen LogP contribution in [0.4, 0.5) is 8.78 Å². The third-order valence-corrected chi connectivity index (χ3v) is 5.16. The molecule has 8 heteroatoms. The summed E-state index contributed by atoms with van der Waals surface area (Å²) in [6.07, 6.45) is 2.47. The number of guanidine groups is 1. The molecule has 0 amide bonds. The van der Waals surface area contributed by atoms with Crippen LogP contribution in [0.5, 0.6) is 11.5 Å². The molecule has 0 aliphatic carbocycles. The Balaban J connectivity index is 2.04. The Bertz CT molecular complexity index is 567. The molecule has 0 radical (unpaired) electrons. The minimum Gasteiger partial charge on any atom is -0.497 e. The van der Waals surface area contributed by atoms with Crippen LogP contribution in [0.3, 0.4) is 0 Å². The lowest BCUT2D eigenvalue weighted by molar-refractivity contribution is -0.0505. The molecule has 1 heterocycles. The predicted octanol–water partition coefficient (Wildman–Crippen LogP) is 3.25. The van der Waals surface area contributed by atoms with E-state index in [1.807, 2.05) is 18.7 Å². The average molecular weight is 373 g/mol. The molecule has 25 heavy (non-hydrogen) atoms. The van der Waals surface area contributed by atoms with E-state index in [0.717, 1.165) is 13.1 Å². The molecule has 1 unspecified atom stereocenters. The van der Waals surface area contributed by atoms with Crippen molar-refractivity contribution in [1.82, 2.24) is 10.6 Å². The van der Waals surface area contributed by atoms with E-state index < -0.39 is 6.61 Å². The summed E-state index contributed by atoms with van der Waals surface area (Å²) in [6, 6.07) is 4.85. The highest BCUT2D eigenvalue weighted by Crippen LogP contribution is 2.27. The zero-order valence-electron chi connectivity index (χ0n) is 14.6. The summed E-state index contributed by atoms with van der Waals surface area (Å²) in [5.74, 6) is 2.43. The number of nitrogens with one attached hydrogen (secondary N) is 2. The molecule has 1 aromatic carbocycles. The first-order valence-electron chi connectivity index (χ1n) is 8.38. The summed E-state index contributed by atoms with van der Waals surface area (Å²) in [4.78, 5) is 4.49. The van der Waals surface area contributed by atoms with Crippen LogP contribution in [0.25, 0.3) is 0 Å². The lowest BCUT2D eigenvalue weighted by Crippen LogP contribution is -2.40. The van der Waals surface area contributed by atoms with Crippen LogP contribution < -0.4 is 20.1 Å². The summed E-state index contributed by atoms with van der Waals surface area (Å²) in [5, 5.41) is 7.10. The Hall–Kier alpha value is -1.70. The average Bonchev–Trinajstić information content (AvgIpc) is 3.11. The van der Waals surface area contributed by atoms with E-state index in [1.165, 1.54) is 31.8 Å². The highest BCUT2D eigenvalue weighted by molar-refractivity contribution is 8.00. The van der Waals surface area contributed by atoms with Crippen LogP contribution in [-0.2, 0) is 6.54 Å². The Morgan fingerprint density at radius 3 is 2.88 bits per heavy atom. The topological polar surface area (TPSA) is 54.9 Å². The predicted molar refractivity (Wildman–Crippen MR) is 97.9 cm³/mol. The molecule has 5 nitrogen and oxygen atoms in total. The van der Waals surface area contributed by atoms with Gasteiger partial charge in [-0.3, -0.25) is 0 Å². The number of thioether (sulfide) groups is 1. The van der Waals surface area contributed by atoms with Crippen molar-refractivity contribution in [1.29, 1.82) is 0 Å². The quantitative estimate of drug-likeness (QED) is 0.541. The van der Waals surface area contributed by atoms with Gasteiger partial charge in [-0.25, -0.2) is 4.99 Å². The highest BCUT2D eigenvalue weighted by atomic mass is 32.2. The number of halogens is 2. The van der Waals surface area contributed by atoms with Crippen molar-refractivity contribution in [3.05, 3.63) is 23.8 Å². The second kappa shape index (κ2) is 10.3. The monoisotopic (exact) mass is 373 g/mol. The maximum Gasteiger partial charge on any atom is 0.387 e. The number of benzene rings is 1. The van der Waals surface area contributed by atoms with Gasteiger partial charge in [0, 0.05) is 30.0 Å². The van der Waals surface area contributed by atoms with Gasteiger partial charge >= 0.3 is 6.61 Å². The van der Waals surface area contributed by atoms with Crippen molar-refractivity contribution >= 4 is 17.7 Å². The summed E-state index contributed by atoms with van der Waals surface area (Å²) in [7, 11) is 1.48. The Labute approximate surface area is 151 Å². The molecule has 1 aliphatic rings. The molecule has 1 atom stereocenters. The Morgan fingerprint density at radius 2 is 2.24 bits per heavy atom. The number of alkyl halides is 2. The first kappa shape index (κ1) is 19.6. The first-order chi connectivity index (χ1) is 12.1. The summed E-state index contributed by atoms with van der Waals surface area (Å²) >= 11 is 1.97. The van der Waals surface area contributed by atoms with E-state index in [-0.39, 0.29) is 12.3 Å². The normalized spacial score (nSPS) is 17.6. The fraction of sp³-hybridized carbons (Fsp3) is 0.588. The number of hydrogen-bond acceptors (Lipinski definition) is 4. The Kier molecular flexibility index (Phi) is 8.11. The smallest absolute Gasteiger partial charge is 0.387 e. The number of aliphatic imine (C=N–C) groups is 1. The molecule has 0 bridgehead atoms. The molecule has 2 N–H and O–H groups in total. The van der Waals surface area contributed by atoms with Crippen molar-refractivity contribution in [2.45, 2.75) is 38.2 Å². The molecule has 1 fully saturated rings. The third-order valence-electron chi connectivity index (χ3n) is 3.76. The molecule has 0 spiro atoms. The van der Waals surface area contributed by atoms with E-state index in [2.05, 4.69) is 20.4 Å². The molecule has 1 saturated heterocycles. The van der Waals surface area contributed by atoms with Gasteiger partial charge in [-0.2, -0.15) is 20.5 Å². The molecule has 1 aliphatic heterocycles. The largest absolute Gasteiger partial charge is 0.497 e. The van der Waals surface area contributed by atoms with Gasteiger partial charge in [0.1, 0.15) is 11.5 Å². The van der Waals surface area contributed by atoms with E-state index >= 15 is 0 Å². The minimum absolute atomic E-state index is 0.0836. The zero-order chi connectivity index (χ0) is 18.1. The standard InChI is InChI=1S/C17H25F2N3O2S/c1-3-20-17(22-11-14-5-4-8-25-14)21-10-12-6-7-13(23-2)9-15(12)24-16(18)19/h6-7,9,14,16H,3-5,8,10-11H2,1-2H3,(H2,20,21,22). The fourth-order valence-corrected chi connectivity index (χ4v) is 3.72. The van der Waals surface area contributed by atoms with Gasteiger partial charge in [0.25, 0.3) is 0 Å². The van der Waals surface area contributed by atoms with Crippen molar-refractivity contribution < 1.29 is 18.3 Å². The number of methoxy groups -OCH3 is 1. The van der Waals surface area contributed by atoms with Crippen molar-refractivity contribution in [3.63, 3.8) is 0 Å². The van der Waals surface area contributed by atoms with Gasteiger partial charge in [-0.05, 0) is 37.7 Å². The van der Waals surface area contributed by atoms with Gasteiger partial charge in [0.05, 0.1) is 13.7 Å². The van der Waals surface area contributed by atoms with Crippen LogP contribution in [0.1, 0.15) is 25.3 Å². The van der Waals surface area contributed by atoms with Crippen molar-refractivity contribution in [2.24, 2.45) is 4.99 Å².